The number of hydrogen-bond acceptors (Lipinski definition) is 3. The van der Waals surface area contributed by atoms with E-state index in [0.29, 0.717) is 12.5 Å². The summed E-state index contributed by atoms with van der Waals surface area (Å²) in [5, 5.41) is 15.2. The van der Waals surface area contributed by atoms with Crippen LogP contribution in [0.25, 0.3) is 0 Å². The van der Waals surface area contributed by atoms with Crippen molar-refractivity contribution in [1.29, 1.82) is 0 Å². The van der Waals surface area contributed by atoms with Gasteiger partial charge in [-0.25, -0.2) is 4.99 Å². The molecule has 0 fully saturated rings. The van der Waals surface area contributed by atoms with E-state index in [0.717, 1.165) is 43.5 Å². The lowest BCUT2D eigenvalue weighted by atomic mass is 9.99. The lowest BCUT2D eigenvalue weighted by molar-refractivity contribution is 0.677. The largest absolute Gasteiger partial charge is 0.356 e. The first-order valence-corrected chi connectivity index (χ1v) is 9.44. The van der Waals surface area contributed by atoms with Crippen molar-refractivity contribution in [3.05, 3.63) is 47.0 Å². The Balaban J connectivity index is 0.00000364. The molecular formula is C20H33IN6. The van der Waals surface area contributed by atoms with Crippen LogP contribution < -0.4 is 10.6 Å². The number of aromatic nitrogens is 3. The van der Waals surface area contributed by atoms with Crippen LogP contribution in [-0.2, 0) is 13.6 Å². The Labute approximate surface area is 180 Å². The monoisotopic (exact) mass is 484 g/mol. The van der Waals surface area contributed by atoms with Crippen molar-refractivity contribution in [3.8, 4) is 0 Å². The summed E-state index contributed by atoms with van der Waals surface area (Å²) >= 11 is 0. The fraction of sp³-hybridized carbons (Fsp3) is 0.550. The Morgan fingerprint density at radius 3 is 2.63 bits per heavy atom. The van der Waals surface area contributed by atoms with Gasteiger partial charge in [0.25, 0.3) is 0 Å². The number of aliphatic imine (C=N–C) groups is 1. The van der Waals surface area contributed by atoms with Crippen molar-refractivity contribution in [2.24, 2.45) is 12.0 Å². The van der Waals surface area contributed by atoms with E-state index >= 15 is 0 Å². The minimum absolute atomic E-state index is 0. The molecule has 2 rings (SSSR count). The average Bonchev–Trinajstić information content (AvgIpc) is 2.95. The molecule has 0 spiro atoms. The lowest BCUT2D eigenvalue weighted by Crippen LogP contribution is -2.39. The molecule has 2 N–H and O–H groups in total. The van der Waals surface area contributed by atoms with Crippen LogP contribution in [0.15, 0.2) is 29.3 Å². The van der Waals surface area contributed by atoms with Crippen molar-refractivity contribution in [1.82, 2.24) is 25.4 Å². The zero-order valence-electron chi connectivity index (χ0n) is 17.1. The summed E-state index contributed by atoms with van der Waals surface area (Å²) in [5.74, 6) is 3.01. The van der Waals surface area contributed by atoms with Crippen LogP contribution in [0, 0.1) is 13.8 Å². The van der Waals surface area contributed by atoms with Gasteiger partial charge in [0.2, 0.25) is 0 Å². The number of rotatable bonds is 8. The Bertz CT molecular complexity index is 725. The second-order valence-electron chi connectivity index (χ2n) is 6.86. The summed E-state index contributed by atoms with van der Waals surface area (Å²) in [7, 11) is 1.97. The highest BCUT2D eigenvalue weighted by Gasteiger charge is 2.08. The van der Waals surface area contributed by atoms with Gasteiger partial charge in [0, 0.05) is 20.1 Å². The van der Waals surface area contributed by atoms with Crippen molar-refractivity contribution in [2.45, 2.75) is 53.0 Å². The van der Waals surface area contributed by atoms with Crippen molar-refractivity contribution < 1.29 is 0 Å². The van der Waals surface area contributed by atoms with Gasteiger partial charge in [0.05, 0.1) is 0 Å². The minimum Gasteiger partial charge on any atom is -0.356 e. The number of guanidine groups is 1. The number of nitrogens with zero attached hydrogens (tertiary/aromatic N) is 4. The third kappa shape index (κ3) is 7.48. The van der Waals surface area contributed by atoms with E-state index < -0.39 is 0 Å². The third-order valence-corrected chi connectivity index (χ3v) is 4.57. The topological polar surface area (TPSA) is 67.1 Å². The molecule has 0 saturated carbocycles. The maximum atomic E-state index is 4.69. The third-order valence-electron chi connectivity index (χ3n) is 4.57. The van der Waals surface area contributed by atoms with Crippen molar-refractivity contribution in [2.75, 3.05) is 13.1 Å². The highest BCUT2D eigenvalue weighted by Crippen LogP contribution is 2.15. The summed E-state index contributed by atoms with van der Waals surface area (Å²) < 4.78 is 1.97. The standard InChI is InChI=1S/C20H32N6.HI/c1-6-7-11-21-20(23-14-19-25-24-17(4)26(19)5)22-13-16(3)18-10-8-9-15(2)12-18;/h8-10,12,16H,6-7,11,13-14H2,1-5H3,(H2,21,22,23);1H. The fourth-order valence-electron chi connectivity index (χ4n) is 2.64. The van der Waals surface area contributed by atoms with E-state index in [1.807, 2.05) is 18.5 Å². The summed E-state index contributed by atoms with van der Waals surface area (Å²) in [6.45, 7) is 10.8. The molecule has 2 aromatic rings. The van der Waals surface area contributed by atoms with Crippen LogP contribution in [0.3, 0.4) is 0 Å². The lowest BCUT2D eigenvalue weighted by Gasteiger charge is -2.17. The second kappa shape index (κ2) is 11.9. The van der Waals surface area contributed by atoms with Crippen LogP contribution in [0.1, 0.15) is 55.4 Å². The van der Waals surface area contributed by atoms with E-state index in [9.17, 15) is 0 Å². The molecule has 6 nitrogen and oxygen atoms in total. The number of aryl methyl sites for hydroxylation is 2. The van der Waals surface area contributed by atoms with Gasteiger partial charge in [-0.1, -0.05) is 50.1 Å². The molecule has 0 aliphatic rings. The van der Waals surface area contributed by atoms with Crippen LogP contribution >= 0.6 is 24.0 Å². The SMILES string of the molecule is CCCCNC(=NCc1nnc(C)n1C)NCC(C)c1cccc(C)c1.I. The number of benzene rings is 1. The molecular weight excluding hydrogens is 451 g/mol. The molecule has 150 valence electrons. The van der Waals surface area contributed by atoms with Crippen LogP contribution in [0.2, 0.25) is 0 Å². The predicted octanol–water partition coefficient (Wildman–Crippen LogP) is 3.69. The first kappa shape index (κ1) is 23.4. The number of halogens is 1. The van der Waals surface area contributed by atoms with Gasteiger partial charge in [0.15, 0.2) is 11.8 Å². The van der Waals surface area contributed by atoms with E-state index in [2.05, 4.69) is 65.9 Å². The maximum Gasteiger partial charge on any atom is 0.191 e. The molecule has 0 amide bonds. The Hall–Kier alpha value is -1.64. The van der Waals surface area contributed by atoms with Gasteiger partial charge in [-0.3, -0.25) is 0 Å². The van der Waals surface area contributed by atoms with Gasteiger partial charge in [-0.15, -0.1) is 34.2 Å². The molecule has 0 radical (unpaired) electrons. The minimum atomic E-state index is 0. The first-order chi connectivity index (χ1) is 12.5. The van der Waals surface area contributed by atoms with Crippen LogP contribution in [-0.4, -0.2) is 33.8 Å². The van der Waals surface area contributed by atoms with E-state index in [1.54, 1.807) is 0 Å². The molecule has 0 saturated heterocycles. The molecule has 0 aliphatic carbocycles. The Kier molecular flexibility index (Phi) is 10.4. The van der Waals surface area contributed by atoms with Gasteiger partial charge in [-0.2, -0.15) is 0 Å². The van der Waals surface area contributed by atoms with Crippen LogP contribution in [0.4, 0.5) is 0 Å². The predicted molar refractivity (Wildman–Crippen MR) is 123 cm³/mol. The maximum absolute atomic E-state index is 4.69. The summed E-state index contributed by atoms with van der Waals surface area (Å²) in [6.07, 6.45) is 2.28. The van der Waals surface area contributed by atoms with E-state index in [-0.39, 0.29) is 24.0 Å². The van der Waals surface area contributed by atoms with Crippen molar-refractivity contribution >= 4 is 29.9 Å². The number of nitrogens with one attached hydrogen (secondary N) is 2. The molecule has 1 aromatic heterocycles. The van der Waals surface area contributed by atoms with Gasteiger partial charge < -0.3 is 15.2 Å². The quantitative estimate of drug-likeness (QED) is 0.260. The summed E-state index contributed by atoms with van der Waals surface area (Å²) in [5.41, 5.74) is 2.64. The number of unbranched alkanes of at least 4 members (excludes halogenated alkanes) is 1. The number of hydrogen-bond donors (Lipinski definition) is 2. The molecule has 27 heavy (non-hydrogen) atoms. The van der Waals surface area contributed by atoms with Crippen LogP contribution in [0.5, 0.6) is 0 Å². The van der Waals surface area contributed by atoms with Gasteiger partial charge >= 0.3 is 0 Å². The normalized spacial score (nSPS) is 12.4. The summed E-state index contributed by atoms with van der Waals surface area (Å²) in [4.78, 5) is 4.69. The van der Waals surface area contributed by atoms with Crippen molar-refractivity contribution in [3.63, 3.8) is 0 Å². The Morgan fingerprint density at radius 1 is 1.22 bits per heavy atom. The summed E-state index contributed by atoms with van der Waals surface area (Å²) in [6, 6.07) is 8.68. The molecule has 1 heterocycles. The zero-order valence-corrected chi connectivity index (χ0v) is 19.4. The molecule has 7 heteroatoms. The highest BCUT2D eigenvalue weighted by molar-refractivity contribution is 14.0. The molecule has 1 atom stereocenters. The molecule has 0 aliphatic heterocycles. The Morgan fingerprint density at radius 2 is 2.00 bits per heavy atom. The van der Waals surface area contributed by atoms with Gasteiger partial charge in [-0.05, 0) is 31.7 Å². The average molecular weight is 484 g/mol. The zero-order chi connectivity index (χ0) is 18.9. The smallest absolute Gasteiger partial charge is 0.191 e. The second-order valence-corrected chi connectivity index (χ2v) is 6.86. The molecule has 0 bridgehead atoms. The fourth-order valence-corrected chi connectivity index (χ4v) is 2.64. The highest BCUT2D eigenvalue weighted by atomic mass is 127. The molecule has 1 aromatic carbocycles. The first-order valence-electron chi connectivity index (χ1n) is 9.44. The van der Waals surface area contributed by atoms with E-state index in [4.69, 9.17) is 4.99 Å². The van der Waals surface area contributed by atoms with E-state index in [1.165, 1.54) is 11.1 Å². The van der Waals surface area contributed by atoms with Gasteiger partial charge in [0.1, 0.15) is 12.4 Å². The molecule has 1 unspecified atom stereocenters.